The van der Waals surface area contributed by atoms with Crippen LogP contribution >= 0.6 is 0 Å². The Morgan fingerprint density at radius 1 is 1.32 bits per heavy atom. The van der Waals surface area contributed by atoms with Crippen molar-refractivity contribution in [1.29, 1.82) is 0 Å². The molecule has 0 aromatic heterocycles. The Kier molecular flexibility index (Phi) is 6.28. The van der Waals surface area contributed by atoms with E-state index in [9.17, 15) is 8.42 Å². The van der Waals surface area contributed by atoms with E-state index in [1.807, 2.05) is 6.08 Å². The zero-order valence-corrected chi connectivity index (χ0v) is 16.6. The smallest absolute Gasteiger partial charge is 0.264 e. The Balaban J connectivity index is 2.76. The zero-order chi connectivity index (χ0) is 17.2. The largest absolute Gasteiger partial charge is 0.547 e. The van der Waals surface area contributed by atoms with E-state index in [1.165, 1.54) is 0 Å². The molecule has 0 bridgehead atoms. The molecule has 0 spiro atoms. The molecule has 0 amide bonds. The molecule has 1 aliphatic rings. The van der Waals surface area contributed by atoms with Crippen LogP contribution in [-0.4, -0.2) is 42.8 Å². The van der Waals surface area contributed by atoms with Gasteiger partial charge in [-0.2, -0.15) is 8.42 Å². The highest BCUT2D eigenvalue weighted by molar-refractivity contribution is 7.85. The van der Waals surface area contributed by atoms with Crippen molar-refractivity contribution in [2.24, 2.45) is 5.92 Å². The number of ether oxygens (including phenoxy) is 1. The summed E-state index contributed by atoms with van der Waals surface area (Å²) in [5.41, 5.74) is 0. The third-order valence-electron chi connectivity index (χ3n) is 4.54. The van der Waals surface area contributed by atoms with E-state index >= 15 is 0 Å². The van der Waals surface area contributed by atoms with Crippen LogP contribution in [0.1, 0.15) is 33.6 Å². The molecule has 0 fully saturated rings. The maximum Gasteiger partial charge on any atom is 0.264 e. The minimum absolute atomic E-state index is 0.0338. The maximum absolute atomic E-state index is 11.1. The summed E-state index contributed by atoms with van der Waals surface area (Å²) in [5, 5.41) is 0.145. The van der Waals surface area contributed by atoms with Crippen molar-refractivity contribution in [1.82, 2.24) is 0 Å². The van der Waals surface area contributed by atoms with Gasteiger partial charge in [-0.25, -0.2) is 0 Å². The molecule has 7 heteroatoms. The number of hydrogen-bond donors (Lipinski definition) is 0. The number of hydrogen-bond acceptors (Lipinski definition) is 5. The van der Waals surface area contributed by atoms with Crippen LogP contribution in [0.15, 0.2) is 11.8 Å². The molecule has 130 valence electrons. The van der Waals surface area contributed by atoms with Crippen LogP contribution in [0.5, 0.6) is 0 Å². The van der Waals surface area contributed by atoms with Crippen LogP contribution in [-0.2, 0) is 23.5 Å². The molecular formula is C15H30O5SSi. The molecular weight excluding hydrogens is 320 g/mol. The fourth-order valence-electron chi connectivity index (χ4n) is 2.11. The normalized spacial score (nSPS) is 24.0. The second kappa shape index (κ2) is 7.03. The van der Waals surface area contributed by atoms with Crippen LogP contribution in [0.4, 0.5) is 0 Å². The van der Waals surface area contributed by atoms with Gasteiger partial charge in [0.05, 0.1) is 24.7 Å². The van der Waals surface area contributed by atoms with E-state index in [4.69, 9.17) is 13.3 Å². The van der Waals surface area contributed by atoms with Crippen molar-refractivity contribution in [3.8, 4) is 0 Å². The molecule has 0 aromatic carbocycles. The summed E-state index contributed by atoms with van der Waals surface area (Å²) >= 11 is 0. The molecule has 0 aliphatic heterocycles. The number of rotatable bonds is 6. The van der Waals surface area contributed by atoms with Gasteiger partial charge in [-0.15, -0.1) is 0 Å². The topological polar surface area (TPSA) is 61.8 Å². The second-order valence-corrected chi connectivity index (χ2v) is 13.9. The molecule has 0 heterocycles. The van der Waals surface area contributed by atoms with Crippen molar-refractivity contribution in [2.45, 2.75) is 57.8 Å². The molecule has 0 aromatic rings. The Hall–Kier alpha value is -0.373. The van der Waals surface area contributed by atoms with Gasteiger partial charge in [0.15, 0.2) is 0 Å². The molecule has 2 atom stereocenters. The van der Waals surface area contributed by atoms with Crippen LogP contribution in [0.25, 0.3) is 0 Å². The van der Waals surface area contributed by atoms with E-state index < -0.39 is 18.4 Å². The van der Waals surface area contributed by atoms with Gasteiger partial charge in [0, 0.05) is 19.4 Å². The van der Waals surface area contributed by atoms with Crippen LogP contribution < -0.4 is 0 Å². The first-order chi connectivity index (χ1) is 9.86. The highest BCUT2D eigenvalue weighted by atomic mass is 32.2. The van der Waals surface area contributed by atoms with Gasteiger partial charge < -0.3 is 9.16 Å². The highest BCUT2D eigenvalue weighted by Gasteiger charge is 2.40. The molecule has 0 radical (unpaired) electrons. The molecule has 1 aliphatic carbocycles. The first kappa shape index (κ1) is 19.7. The Labute approximate surface area is 136 Å². The van der Waals surface area contributed by atoms with Crippen molar-refractivity contribution >= 4 is 18.4 Å². The van der Waals surface area contributed by atoms with Gasteiger partial charge in [-0.3, -0.25) is 4.18 Å². The lowest BCUT2D eigenvalue weighted by molar-refractivity contribution is 0.0507. The second-order valence-electron chi connectivity index (χ2n) is 7.48. The van der Waals surface area contributed by atoms with Crippen molar-refractivity contribution < 1.29 is 21.8 Å². The fraction of sp³-hybridized carbons (Fsp3) is 0.867. The lowest BCUT2D eigenvalue weighted by Crippen LogP contribution is -2.41. The minimum Gasteiger partial charge on any atom is -0.547 e. The first-order valence-electron chi connectivity index (χ1n) is 7.62. The number of methoxy groups -OCH3 is 1. The molecule has 22 heavy (non-hydrogen) atoms. The Bertz CT molecular complexity index is 505. The molecule has 0 saturated heterocycles. The van der Waals surface area contributed by atoms with Crippen LogP contribution in [0.2, 0.25) is 18.1 Å². The lowest BCUT2D eigenvalue weighted by atomic mass is 9.91. The van der Waals surface area contributed by atoms with Crippen LogP contribution in [0, 0.1) is 5.92 Å². The summed E-state index contributed by atoms with van der Waals surface area (Å²) in [6.45, 7) is 11.2. The van der Waals surface area contributed by atoms with E-state index in [0.29, 0.717) is 0 Å². The third-order valence-corrected chi connectivity index (χ3v) is 9.49. The summed E-state index contributed by atoms with van der Waals surface area (Å²) in [6, 6.07) is 0. The molecule has 2 unspecified atom stereocenters. The highest BCUT2D eigenvalue weighted by Crippen LogP contribution is 2.39. The van der Waals surface area contributed by atoms with E-state index in [-0.39, 0.29) is 23.7 Å². The van der Waals surface area contributed by atoms with Gasteiger partial charge >= 0.3 is 0 Å². The van der Waals surface area contributed by atoms with E-state index in [1.54, 1.807) is 7.11 Å². The van der Waals surface area contributed by atoms with Crippen molar-refractivity contribution in [3.05, 3.63) is 11.8 Å². The van der Waals surface area contributed by atoms with Gasteiger partial charge in [0.1, 0.15) is 0 Å². The summed E-state index contributed by atoms with van der Waals surface area (Å²) in [5.74, 6) is 1.00. The minimum atomic E-state index is -3.42. The van der Waals surface area contributed by atoms with Crippen molar-refractivity contribution in [2.75, 3.05) is 20.0 Å². The average Bonchev–Trinajstić information content (AvgIpc) is 2.34. The van der Waals surface area contributed by atoms with Crippen LogP contribution in [0.3, 0.4) is 0 Å². The summed E-state index contributed by atoms with van der Waals surface area (Å²) < 4.78 is 39.0. The predicted octanol–water partition coefficient (Wildman–Crippen LogP) is 3.29. The SMILES string of the molecule is COC1C=C(O[Si](C)(C)C(C)(C)C)CCC1COS(C)(=O)=O. The standard InChI is InChI=1S/C15H30O5SSi/c1-15(2,3)22(6,7)20-13-9-8-12(14(10-13)18-4)11-19-21(5,16)17/h10,12,14H,8-9,11H2,1-7H3. The summed E-state index contributed by atoms with van der Waals surface area (Å²) in [7, 11) is -3.64. The average molecular weight is 351 g/mol. The van der Waals surface area contributed by atoms with E-state index in [0.717, 1.165) is 24.9 Å². The Morgan fingerprint density at radius 3 is 2.36 bits per heavy atom. The summed E-state index contributed by atoms with van der Waals surface area (Å²) in [4.78, 5) is 0. The van der Waals surface area contributed by atoms with Crippen molar-refractivity contribution in [3.63, 3.8) is 0 Å². The fourth-order valence-corrected chi connectivity index (χ4v) is 3.66. The lowest BCUT2D eigenvalue weighted by Gasteiger charge is -2.39. The predicted molar refractivity (Wildman–Crippen MR) is 90.7 cm³/mol. The summed E-state index contributed by atoms with van der Waals surface area (Å²) in [6.07, 6.45) is 4.48. The molecule has 5 nitrogen and oxygen atoms in total. The quantitative estimate of drug-likeness (QED) is 0.543. The van der Waals surface area contributed by atoms with Gasteiger partial charge in [-0.05, 0) is 30.6 Å². The molecule has 0 N–H and O–H groups in total. The van der Waals surface area contributed by atoms with Gasteiger partial charge in [-0.1, -0.05) is 20.8 Å². The monoisotopic (exact) mass is 350 g/mol. The van der Waals surface area contributed by atoms with Gasteiger partial charge in [0.25, 0.3) is 10.1 Å². The van der Waals surface area contributed by atoms with E-state index in [2.05, 4.69) is 33.9 Å². The van der Waals surface area contributed by atoms with Gasteiger partial charge in [0.2, 0.25) is 8.32 Å². The Morgan fingerprint density at radius 2 is 1.91 bits per heavy atom. The number of allylic oxidation sites excluding steroid dienone is 1. The third kappa shape index (κ3) is 5.68. The molecule has 0 saturated carbocycles. The maximum atomic E-state index is 11.1. The zero-order valence-electron chi connectivity index (χ0n) is 14.8. The molecule has 1 rings (SSSR count). The first-order valence-corrected chi connectivity index (χ1v) is 12.3.